The molecule has 0 heterocycles. The van der Waals surface area contributed by atoms with Crippen molar-refractivity contribution in [2.45, 2.75) is 58.8 Å². The summed E-state index contributed by atoms with van der Waals surface area (Å²) in [6.45, 7) is 9.60. The Hall–Kier alpha value is -2.04. The van der Waals surface area contributed by atoms with Crippen LogP contribution in [-0.2, 0) is 9.47 Å². The molecule has 2 rings (SSSR count). The highest BCUT2D eigenvalue weighted by atomic mass is 16.6. The smallest absolute Gasteiger partial charge is 0.407 e. The van der Waals surface area contributed by atoms with Crippen LogP contribution in [0.5, 0.6) is 0 Å². The second-order valence-electron chi connectivity index (χ2n) is 7.52. The first-order valence-electron chi connectivity index (χ1n) is 8.43. The molecule has 0 spiro atoms. The molecule has 1 aromatic rings. The van der Waals surface area contributed by atoms with Crippen LogP contribution >= 0.6 is 0 Å². The van der Waals surface area contributed by atoms with Crippen LogP contribution < -0.4 is 5.32 Å². The Labute approximate surface area is 143 Å². The van der Waals surface area contributed by atoms with Crippen LogP contribution in [0.1, 0.15) is 51.4 Å². The molecular weight excluding hydrogens is 306 g/mol. The third-order valence-electron chi connectivity index (χ3n) is 4.51. The lowest BCUT2D eigenvalue weighted by Gasteiger charge is -2.23. The molecule has 1 aliphatic carbocycles. The zero-order valence-corrected chi connectivity index (χ0v) is 15.0. The summed E-state index contributed by atoms with van der Waals surface area (Å²) in [5, 5.41) is 2.91. The number of carbonyl (C=O) groups is 2. The third kappa shape index (κ3) is 4.73. The number of ether oxygens (including phenoxy) is 2. The fourth-order valence-corrected chi connectivity index (χ4v) is 2.97. The average molecular weight is 333 g/mol. The van der Waals surface area contributed by atoms with Gasteiger partial charge < -0.3 is 14.8 Å². The van der Waals surface area contributed by atoms with Crippen molar-refractivity contribution in [2.24, 2.45) is 11.8 Å². The highest BCUT2D eigenvalue weighted by Crippen LogP contribution is 2.34. The van der Waals surface area contributed by atoms with E-state index in [1.807, 2.05) is 45.9 Å². The highest BCUT2D eigenvalue weighted by Gasteiger charge is 2.41. The van der Waals surface area contributed by atoms with Gasteiger partial charge in [0.15, 0.2) is 0 Å². The normalized spacial score (nSPS) is 26.7. The van der Waals surface area contributed by atoms with Crippen LogP contribution in [0, 0.1) is 11.8 Å². The molecule has 1 amide bonds. The van der Waals surface area contributed by atoms with E-state index in [0.29, 0.717) is 12.0 Å². The summed E-state index contributed by atoms with van der Waals surface area (Å²) in [6, 6.07) is 8.89. The van der Waals surface area contributed by atoms with E-state index in [9.17, 15) is 9.59 Å². The van der Waals surface area contributed by atoms with E-state index in [2.05, 4.69) is 12.2 Å². The van der Waals surface area contributed by atoms with E-state index in [-0.39, 0.29) is 30.0 Å². The molecule has 1 aliphatic rings. The molecule has 24 heavy (non-hydrogen) atoms. The Bertz CT molecular complexity index is 579. The zero-order chi connectivity index (χ0) is 17.9. The summed E-state index contributed by atoms with van der Waals surface area (Å²) in [5.74, 6) is 0.0428. The van der Waals surface area contributed by atoms with Crippen LogP contribution in [0.25, 0.3) is 0 Å². The SMILES string of the molecule is C[C@@H]1[C@@H](OC(=O)c2ccccc2)CC(NC(=O)OC(C)(C)C)[C@@H]1C. The Kier molecular flexibility index (Phi) is 5.52. The van der Waals surface area contributed by atoms with Crippen molar-refractivity contribution < 1.29 is 19.1 Å². The number of nitrogens with one attached hydrogen (secondary N) is 1. The number of hydrogen-bond acceptors (Lipinski definition) is 4. The summed E-state index contributed by atoms with van der Waals surface area (Å²) in [4.78, 5) is 24.2. The number of alkyl carbamates (subject to hydrolysis) is 1. The molecule has 1 aromatic carbocycles. The third-order valence-corrected chi connectivity index (χ3v) is 4.51. The summed E-state index contributed by atoms with van der Waals surface area (Å²) in [5.41, 5.74) is 0.0115. The van der Waals surface area contributed by atoms with E-state index in [4.69, 9.17) is 9.47 Å². The zero-order valence-electron chi connectivity index (χ0n) is 15.0. The van der Waals surface area contributed by atoms with Gasteiger partial charge in [0, 0.05) is 12.5 Å². The number of amides is 1. The Morgan fingerprint density at radius 3 is 2.29 bits per heavy atom. The maximum atomic E-state index is 12.2. The van der Waals surface area contributed by atoms with Crippen LogP contribution in [-0.4, -0.2) is 29.8 Å². The van der Waals surface area contributed by atoms with Gasteiger partial charge in [0.05, 0.1) is 5.56 Å². The maximum Gasteiger partial charge on any atom is 0.407 e. The average Bonchev–Trinajstić information content (AvgIpc) is 2.74. The van der Waals surface area contributed by atoms with E-state index in [1.54, 1.807) is 12.1 Å². The van der Waals surface area contributed by atoms with Crippen molar-refractivity contribution >= 4 is 12.1 Å². The van der Waals surface area contributed by atoms with Crippen molar-refractivity contribution in [3.05, 3.63) is 35.9 Å². The van der Waals surface area contributed by atoms with Gasteiger partial charge in [-0.2, -0.15) is 0 Å². The van der Waals surface area contributed by atoms with Crippen molar-refractivity contribution in [1.29, 1.82) is 0 Å². The molecule has 1 fully saturated rings. The predicted octanol–water partition coefficient (Wildman–Crippen LogP) is 3.78. The molecule has 132 valence electrons. The first kappa shape index (κ1) is 18.3. The van der Waals surface area contributed by atoms with E-state index < -0.39 is 11.7 Å². The lowest BCUT2D eigenvalue weighted by Crippen LogP contribution is -2.40. The summed E-state index contributed by atoms with van der Waals surface area (Å²) in [6.07, 6.45) is -0.0469. The van der Waals surface area contributed by atoms with Crippen molar-refractivity contribution in [2.75, 3.05) is 0 Å². The number of carbonyl (C=O) groups excluding carboxylic acids is 2. The molecule has 0 bridgehead atoms. The molecule has 0 aliphatic heterocycles. The lowest BCUT2D eigenvalue weighted by molar-refractivity contribution is 0.0203. The quantitative estimate of drug-likeness (QED) is 0.855. The Balaban J connectivity index is 1.94. The predicted molar refractivity (Wildman–Crippen MR) is 91.7 cm³/mol. The number of benzene rings is 1. The molecule has 1 unspecified atom stereocenters. The van der Waals surface area contributed by atoms with Crippen molar-refractivity contribution in [3.8, 4) is 0 Å². The summed E-state index contributed by atoms with van der Waals surface area (Å²) < 4.78 is 11.0. The second-order valence-corrected chi connectivity index (χ2v) is 7.52. The maximum absolute atomic E-state index is 12.2. The minimum absolute atomic E-state index is 0.0663. The molecule has 1 N–H and O–H groups in total. The first-order valence-corrected chi connectivity index (χ1v) is 8.43. The van der Waals surface area contributed by atoms with E-state index in [0.717, 1.165) is 0 Å². The fraction of sp³-hybridized carbons (Fsp3) is 0.579. The highest BCUT2D eigenvalue weighted by molar-refractivity contribution is 5.89. The van der Waals surface area contributed by atoms with Crippen molar-refractivity contribution in [3.63, 3.8) is 0 Å². The largest absolute Gasteiger partial charge is 0.458 e. The standard InChI is InChI=1S/C19H27NO4/c1-12-13(2)16(23-17(21)14-9-7-6-8-10-14)11-15(12)20-18(22)24-19(3,4)5/h6-10,12-13,15-16H,11H2,1-5H3,(H,20,22)/t12-,13+,15?,16+/m1/s1. The van der Waals surface area contributed by atoms with Crippen LogP contribution in [0.4, 0.5) is 4.79 Å². The van der Waals surface area contributed by atoms with Crippen LogP contribution in [0.15, 0.2) is 30.3 Å². The van der Waals surface area contributed by atoms with Gasteiger partial charge in [-0.25, -0.2) is 9.59 Å². The molecule has 0 radical (unpaired) electrons. The van der Waals surface area contributed by atoms with E-state index in [1.165, 1.54) is 0 Å². The van der Waals surface area contributed by atoms with Gasteiger partial charge in [-0.05, 0) is 44.7 Å². The minimum atomic E-state index is -0.531. The second kappa shape index (κ2) is 7.24. The van der Waals surface area contributed by atoms with Gasteiger partial charge in [-0.3, -0.25) is 0 Å². The van der Waals surface area contributed by atoms with Gasteiger partial charge in [0.2, 0.25) is 0 Å². The van der Waals surface area contributed by atoms with Gasteiger partial charge >= 0.3 is 12.1 Å². The van der Waals surface area contributed by atoms with Gasteiger partial charge in [0.25, 0.3) is 0 Å². The van der Waals surface area contributed by atoms with Gasteiger partial charge in [0.1, 0.15) is 11.7 Å². The van der Waals surface area contributed by atoms with Gasteiger partial charge in [-0.15, -0.1) is 0 Å². The number of esters is 1. The molecule has 0 saturated heterocycles. The summed E-state index contributed by atoms with van der Waals surface area (Å²) >= 11 is 0. The Morgan fingerprint density at radius 2 is 1.71 bits per heavy atom. The topological polar surface area (TPSA) is 64.6 Å². The minimum Gasteiger partial charge on any atom is -0.458 e. The molecular formula is C19H27NO4. The Morgan fingerprint density at radius 1 is 1.08 bits per heavy atom. The van der Waals surface area contributed by atoms with Gasteiger partial charge in [-0.1, -0.05) is 32.0 Å². The van der Waals surface area contributed by atoms with E-state index >= 15 is 0 Å². The fourth-order valence-electron chi connectivity index (χ4n) is 2.97. The molecule has 1 saturated carbocycles. The van der Waals surface area contributed by atoms with Crippen molar-refractivity contribution in [1.82, 2.24) is 5.32 Å². The monoisotopic (exact) mass is 333 g/mol. The molecule has 4 atom stereocenters. The molecule has 5 nitrogen and oxygen atoms in total. The molecule has 5 heteroatoms. The number of hydrogen-bond donors (Lipinski definition) is 1. The van der Waals surface area contributed by atoms with Crippen LogP contribution in [0.2, 0.25) is 0 Å². The number of rotatable bonds is 3. The first-order chi connectivity index (χ1) is 11.2. The van der Waals surface area contributed by atoms with Crippen LogP contribution in [0.3, 0.4) is 0 Å². The lowest BCUT2D eigenvalue weighted by atomic mass is 9.97. The molecule has 0 aromatic heterocycles. The summed E-state index contributed by atoms with van der Waals surface area (Å²) in [7, 11) is 0.